The van der Waals surface area contributed by atoms with Gasteiger partial charge < -0.3 is 10.2 Å². The molecular formula is C16H23BrN2O. The van der Waals surface area contributed by atoms with Gasteiger partial charge in [-0.05, 0) is 50.3 Å². The molecule has 0 heterocycles. The molecule has 1 aromatic carbocycles. The van der Waals surface area contributed by atoms with Gasteiger partial charge in [-0.1, -0.05) is 28.1 Å². The minimum atomic E-state index is -0.0894. The Hall–Kier alpha value is -0.870. The third kappa shape index (κ3) is 3.61. The maximum absolute atomic E-state index is 12.0. The number of nitrogens with one attached hydrogen (secondary N) is 1. The van der Waals surface area contributed by atoms with Crippen LogP contribution in [0.3, 0.4) is 0 Å². The summed E-state index contributed by atoms with van der Waals surface area (Å²) in [5, 5.41) is 3.44. The van der Waals surface area contributed by atoms with Crippen LogP contribution in [0.15, 0.2) is 28.7 Å². The Labute approximate surface area is 129 Å². The van der Waals surface area contributed by atoms with Crippen LogP contribution in [0.1, 0.15) is 38.2 Å². The van der Waals surface area contributed by atoms with Gasteiger partial charge in [-0.25, -0.2) is 0 Å². The second kappa shape index (κ2) is 6.72. The number of hydrogen-bond donors (Lipinski definition) is 1. The Bertz CT molecular complexity index is 471. The zero-order chi connectivity index (χ0) is 14.7. The summed E-state index contributed by atoms with van der Waals surface area (Å²) < 4.78 is 1.14. The highest BCUT2D eigenvalue weighted by Gasteiger charge is 2.32. The topological polar surface area (TPSA) is 32.3 Å². The second-order valence-electron chi connectivity index (χ2n) is 5.66. The molecule has 1 atom stereocenters. The van der Waals surface area contributed by atoms with Crippen LogP contribution in [0.5, 0.6) is 0 Å². The SMILES string of the molecule is CCN(C)C(=O)C(C)NC1CC(c2cccc(Br)c2)C1. The number of amides is 1. The van der Waals surface area contributed by atoms with Gasteiger partial charge in [0.05, 0.1) is 6.04 Å². The van der Waals surface area contributed by atoms with Crippen molar-refractivity contribution in [3.05, 3.63) is 34.3 Å². The molecular weight excluding hydrogens is 316 g/mol. The Balaban J connectivity index is 1.81. The number of benzene rings is 1. The van der Waals surface area contributed by atoms with Gasteiger partial charge in [0, 0.05) is 24.1 Å². The van der Waals surface area contributed by atoms with E-state index in [9.17, 15) is 4.79 Å². The molecule has 110 valence electrons. The lowest BCUT2D eigenvalue weighted by Crippen LogP contribution is -2.50. The van der Waals surface area contributed by atoms with Gasteiger partial charge in [0.1, 0.15) is 0 Å². The molecule has 1 aliphatic rings. The number of carbonyl (C=O) groups excluding carboxylic acids is 1. The van der Waals surface area contributed by atoms with Gasteiger partial charge in [0.25, 0.3) is 0 Å². The summed E-state index contributed by atoms with van der Waals surface area (Å²) in [5.74, 6) is 0.801. The quantitative estimate of drug-likeness (QED) is 0.894. The molecule has 1 aromatic rings. The van der Waals surface area contributed by atoms with Gasteiger partial charge in [0.2, 0.25) is 5.91 Å². The Morgan fingerprint density at radius 2 is 2.20 bits per heavy atom. The molecule has 1 aliphatic carbocycles. The van der Waals surface area contributed by atoms with Crippen LogP contribution >= 0.6 is 15.9 Å². The fraction of sp³-hybridized carbons (Fsp3) is 0.562. The molecule has 0 aromatic heterocycles. The molecule has 1 saturated carbocycles. The normalized spacial score (nSPS) is 23.0. The van der Waals surface area contributed by atoms with Crippen molar-refractivity contribution in [2.45, 2.75) is 44.7 Å². The zero-order valence-corrected chi connectivity index (χ0v) is 14.0. The van der Waals surface area contributed by atoms with Gasteiger partial charge in [-0.3, -0.25) is 4.79 Å². The third-order valence-electron chi connectivity index (χ3n) is 4.16. The van der Waals surface area contributed by atoms with E-state index in [2.05, 4.69) is 45.5 Å². The first-order valence-corrected chi connectivity index (χ1v) is 8.07. The van der Waals surface area contributed by atoms with Gasteiger partial charge in [-0.2, -0.15) is 0 Å². The molecule has 1 amide bonds. The number of hydrogen-bond acceptors (Lipinski definition) is 2. The maximum atomic E-state index is 12.0. The summed E-state index contributed by atoms with van der Waals surface area (Å²) in [5.41, 5.74) is 1.39. The van der Waals surface area contributed by atoms with Crippen molar-refractivity contribution >= 4 is 21.8 Å². The molecule has 20 heavy (non-hydrogen) atoms. The third-order valence-corrected chi connectivity index (χ3v) is 4.66. The Kier molecular flexibility index (Phi) is 5.22. The highest BCUT2D eigenvalue weighted by Crippen LogP contribution is 2.37. The largest absolute Gasteiger partial charge is 0.345 e. The first kappa shape index (κ1) is 15.5. The van der Waals surface area contributed by atoms with E-state index < -0.39 is 0 Å². The first-order chi connectivity index (χ1) is 9.51. The average Bonchev–Trinajstić information content (AvgIpc) is 2.40. The number of carbonyl (C=O) groups is 1. The summed E-state index contributed by atoms with van der Waals surface area (Å²) >= 11 is 3.52. The summed E-state index contributed by atoms with van der Waals surface area (Å²) in [7, 11) is 1.85. The van der Waals surface area contributed by atoms with Crippen LogP contribution in [0.25, 0.3) is 0 Å². The van der Waals surface area contributed by atoms with Crippen molar-refractivity contribution in [3.63, 3.8) is 0 Å². The molecule has 0 spiro atoms. The van der Waals surface area contributed by atoms with Crippen molar-refractivity contribution in [2.24, 2.45) is 0 Å². The average molecular weight is 339 g/mol. The summed E-state index contributed by atoms with van der Waals surface area (Å²) in [6.45, 7) is 4.72. The number of nitrogens with zero attached hydrogens (tertiary/aromatic N) is 1. The number of rotatable bonds is 5. The van der Waals surface area contributed by atoms with E-state index in [1.807, 2.05) is 20.9 Å². The second-order valence-corrected chi connectivity index (χ2v) is 6.58. The van der Waals surface area contributed by atoms with Gasteiger partial charge >= 0.3 is 0 Å². The van der Waals surface area contributed by atoms with Crippen LogP contribution in [0.2, 0.25) is 0 Å². The molecule has 1 N–H and O–H groups in total. The fourth-order valence-electron chi connectivity index (χ4n) is 2.70. The molecule has 0 bridgehead atoms. The first-order valence-electron chi connectivity index (χ1n) is 7.27. The minimum Gasteiger partial charge on any atom is -0.345 e. The van der Waals surface area contributed by atoms with Crippen LogP contribution in [0, 0.1) is 0 Å². The van der Waals surface area contributed by atoms with Crippen LogP contribution in [-0.4, -0.2) is 36.5 Å². The molecule has 4 heteroatoms. The molecule has 0 aliphatic heterocycles. The van der Waals surface area contributed by atoms with Gasteiger partial charge in [-0.15, -0.1) is 0 Å². The van der Waals surface area contributed by atoms with Gasteiger partial charge in [0.15, 0.2) is 0 Å². The number of halogens is 1. The van der Waals surface area contributed by atoms with Crippen molar-refractivity contribution in [1.29, 1.82) is 0 Å². The van der Waals surface area contributed by atoms with Crippen LogP contribution in [-0.2, 0) is 4.79 Å². The smallest absolute Gasteiger partial charge is 0.239 e. The van der Waals surface area contributed by atoms with E-state index in [0.29, 0.717) is 12.0 Å². The Morgan fingerprint density at radius 3 is 2.80 bits per heavy atom. The summed E-state index contributed by atoms with van der Waals surface area (Å²) in [6, 6.07) is 8.89. The fourth-order valence-corrected chi connectivity index (χ4v) is 3.11. The predicted molar refractivity (Wildman–Crippen MR) is 85.8 cm³/mol. The van der Waals surface area contributed by atoms with Crippen LogP contribution < -0.4 is 5.32 Å². The molecule has 3 nitrogen and oxygen atoms in total. The standard InChI is InChI=1S/C16H23BrN2O/c1-4-19(3)16(20)11(2)18-15-9-13(10-15)12-6-5-7-14(17)8-12/h5-8,11,13,15,18H,4,9-10H2,1-3H3. The van der Waals surface area contributed by atoms with E-state index in [-0.39, 0.29) is 11.9 Å². The highest BCUT2D eigenvalue weighted by atomic mass is 79.9. The van der Waals surface area contributed by atoms with Crippen LogP contribution in [0.4, 0.5) is 0 Å². The van der Waals surface area contributed by atoms with Crippen molar-refractivity contribution in [3.8, 4) is 0 Å². The maximum Gasteiger partial charge on any atom is 0.239 e. The van der Waals surface area contributed by atoms with E-state index in [4.69, 9.17) is 0 Å². The van der Waals surface area contributed by atoms with Crippen molar-refractivity contribution in [2.75, 3.05) is 13.6 Å². The summed E-state index contributed by atoms with van der Waals surface area (Å²) in [6.07, 6.45) is 2.23. The Morgan fingerprint density at radius 1 is 1.50 bits per heavy atom. The number of likely N-dealkylation sites (N-methyl/N-ethyl adjacent to an activating group) is 1. The monoisotopic (exact) mass is 338 g/mol. The van der Waals surface area contributed by atoms with E-state index in [1.165, 1.54) is 5.56 Å². The lowest BCUT2D eigenvalue weighted by molar-refractivity contribution is -0.131. The zero-order valence-electron chi connectivity index (χ0n) is 12.4. The van der Waals surface area contributed by atoms with Crippen molar-refractivity contribution < 1.29 is 4.79 Å². The summed E-state index contributed by atoms with van der Waals surface area (Å²) in [4.78, 5) is 13.8. The molecule has 0 radical (unpaired) electrons. The minimum absolute atomic E-state index is 0.0894. The van der Waals surface area contributed by atoms with Crippen molar-refractivity contribution in [1.82, 2.24) is 10.2 Å². The predicted octanol–water partition coefficient (Wildman–Crippen LogP) is 3.15. The lowest BCUT2D eigenvalue weighted by atomic mass is 9.75. The highest BCUT2D eigenvalue weighted by molar-refractivity contribution is 9.10. The molecule has 1 unspecified atom stereocenters. The molecule has 0 saturated heterocycles. The van der Waals surface area contributed by atoms with E-state index >= 15 is 0 Å². The van der Waals surface area contributed by atoms with E-state index in [1.54, 1.807) is 4.90 Å². The lowest BCUT2D eigenvalue weighted by Gasteiger charge is -2.38. The molecule has 2 rings (SSSR count). The molecule has 1 fully saturated rings. The van der Waals surface area contributed by atoms with E-state index in [0.717, 1.165) is 23.9 Å².